The van der Waals surface area contributed by atoms with E-state index in [1.54, 1.807) is 42.2 Å². The van der Waals surface area contributed by atoms with Gasteiger partial charge in [-0.05, 0) is 61.4 Å². The minimum absolute atomic E-state index is 0.149. The number of urea groups is 1. The third kappa shape index (κ3) is 5.12. The van der Waals surface area contributed by atoms with Crippen LogP contribution in [-0.2, 0) is 9.59 Å². The molecule has 3 aliphatic rings. The number of carbonyl (C=O) groups excluding carboxylic acids is 2. The van der Waals surface area contributed by atoms with Gasteiger partial charge in [0.05, 0.1) is 13.7 Å². The van der Waals surface area contributed by atoms with Gasteiger partial charge in [-0.2, -0.15) is 10.1 Å². The number of nitrogens with one attached hydrogen (secondary N) is 1. The van der Waals surface area contributed by atoms with Crippen LogP contribution in [0.4, 0.5) is 4.79 Å². The van der Waals surface area contributed by atoms with Crippen LogP contribution < -0.4 is 14.8 Å². The summed E-state index contributed by atoms with van der Waals surface area (Å²) in [6.07, 6.45) is 9.71. The van der Waals surface area contributed by atoms with Crippen LogP contribution in [0.15, 0.2) is 54.9 Å². The molecule has 42 heavy (non-hydrogen) atoms. The first kappa shape index (κ1) is 27.6. The van der Waals surface area contributed by atoms with Crippen molar-refractivity contribution < 1.29 is 29.0 Å². The number of benzene rings is 1. The summed E-state index contributed by atoms with van der Waals surface area (Å²) in [5.74, 6) is -0.288. The highest BCUT2D eigenvalue weighted by Gasteiger charge is 2.61. The highest BCUT2D eigenvalue weighted by molar-refractivity contribution is 5.95. The second kappa shape index (κ2) is 11.0. The number of hydrogen-bond donors (Lipinski definition) is 2. The Balaban J connectivity index is 1.32. The lowest BCUT2D eigenvalue weighted by atomic mass is 10.1. The van der Waals surface area contributed by atoms with E-state index in [2.05, 4.69) is 10.4 Å². The van der Waals surface area contributed by atoms with Gasteiger partial charge < -0.3 is 29.7 Å². The van der Waals surface area contributed by atoms with Gasteiger partial charge in [0.15, 0.2) is 5.82 Å². The molecule has 2 aromatic heterocycles. The first-order valence-electron chi connectivity index (χ1n) is 14.2. The fraction of sp³-hybridized carbons (Fsp3) is 0.433. The summed E-state index contributed by atoms with van der Waals surface area (Å²) in [4.78, 5) is 47.3. The van der Waals surface area contributed by atoms with Crippen molar-refractivity contribution in [1.29, 1.82) is 0 Å². The van der Waals surface area contributed by atoms with Gasteiger partial charge in [-0.3, -0.25) is 4.79 Å². The molecule has 6 rings (SSSR count). The van der Waals surface area contributed by atoms with E-state index in [1.807, 2.05) is 36.4 Å². The van der Waals surface area contributed by atoms with Crippen molar-refractivity contribution in [2.24, 2.45) is 5.92 Å². The average molecular weight is 575 g/mol. The van der Waals surface area contributed by atoms with Crippen molar-refractivity contribution in [2.75, 3.05) is 27.2 Å². The van der Waals surface area contributed by atoms with Crippen molar-refractivity contribution in [1.82, 2.24) is 29.9 Å². The Hall–Kier alpha value is -4.61. The maximum absolute atomic E-state index is 13.6. The summed E-state index contributed by atoms with van der Waals surface area (Å²) in [5.41, 5.74) is -1.35. The van der Waals surface area contributed by atoms with Crippen molar-refractivity contribution in [2.45, 2.75) is 49.8 Å². The smallest absolute Gasteiger partial charge is 0.330 e. The number of aromatic nitrogens is 3. The van der Waals surface area contributed by atoms with Crippen molar-refractivity contribution in [3.8, 4) is 17.4 Å². The molecule has 1 aromatic carbocycles. The lowest BCUT2D eigenvalue weighted by Crippen LogP contribution is -2.54. The predicted molar refractivity (Wildman–Crippen MR) is 153 cm³/mol. The minimum atomic E-state index is -1.35. The Bertz CT molecular complexity index is 1540. The number of rotatable bonds is 5. The summed E-state index contributed by atoms with van der Waals surface area (Å²) in [7, 11) is 3.32. The number of allylic oxidation sites excluding steroid dienone is 1. The maximum atomic E-state index is 13.6. The lowest BCUT2D eigenvalue weighted by molar-refractivity contribution is -0.144. The molecule has 12 heteroatoms. The number of nitrogens with zero attached hydrogens (tertiary/aromatic N) is 5. The number of pyridine rings is 1. The molecule has 12 nitrogen and oxygen atoms in total. The molecule has 3 amide bonds. The number of ether oxygens (including phenoxy) is 2. The molecule has 1 saturated carbocycles. The molecule has 220 valence electrons. The monoisotopic (exact) mass is 574 g/mol. The van der Waals surface area contributed by atoms with E-state index in [4.69, 9.17) is 14.5 Å². The van der Waals surface area contributed by atoms with Crippen LogP contribution in [-0.4, -0.2) is 92.5 Å². The highest BCUT2D eigenvalue weighted by Crippen LogP contribution is 2.45. The van der Waals surface area contributed by atoms with E-state index >= 15 is 0 Å². The van der Waals surface area contributed by atoms with E-state index in [0.717, 1.165) is 30.0 Å². The van der Waals surface area contributed by atoms with E-state index in [0.29, 0.717) is 30.4 Å². The molecule has 2 fully saturated rings. The quantitative estimate of drug-likeness (QED) is 0.444. The molecule has 4 heterocycles. The minimum Gasteiger partial charge on any atom is -0.497 e. The number of carbonyl (C=O) groups is 3. The summed E-state index contributed by atoms with van der Waals surface area (Å²) in [6.45, 7) is 0.696. The lowest BCUT2D eigenvalue weighted by Gasteiger charge is -2.29. The molecule has 0 bridgehead atoms. The molecular weight excluding hydrogens is 540 g/mol. The van der Waals surface area contributed by atoms with Gasteiger partial charge in [0.2, 0.25) is 11.8 Å². The Morgan fingerprint density at radius 3 is 2.83 bits per heavy atom. The maximum Gasteiger partial charge on any atom is 0.330 e. The third-order valence-corrected chi connectivity index (χ3v) is 8.37. The standard InChI is InChI=1S/C30H34N6O6/c1-34-12-6-4-3-5-8-20-17-30(20,28(38)39)33-26(37)24-16-22(18-35(24)29(34)40)42-27-23-10-9-21(41-2)14-19(23)15-25(32-27)36-13-7-11-31-36/h5,7-11,13-15,20,22,24H,3-4,6,12,16-18H2,1-2H3,(H,33,37)(H,38,39). The Labute approximate surface area is 242 Å². The second-order valence-electron chi connectivity index (χ2n) is 11.2. The first-order chi connectivity index (χ1) is 20.3. The van der Waals surface area contributed by atoms with Crippen LogP contribution in [0.25, 0.3) is 16.6 Å². The molecule has 1 aliphatic carbocycles. The van der Waals surface area contributed by atoms with Gasteiger partial charge in [-0.1, -0.05) is 12.2 Å². The van der Waals surface area contributed by atoms with Gasteiger partial charge in [-0.25, -0.2) is 14.3 Å². The van der Waals surface area contributed by atoms with Crippen LogP contribution in [0.1, 0.15) is 32.1 Å². The molecule has 1 saturated heterocycles. The average Bonchev–Trinajstić information content (AvgIpc) is 3.31. The van der Waals surface area contributed by atoms with E-state index in [1.165, 1.54) is 4.90 Å². The number of hydrogen-bond acceptors (Lipinski definition) is 7. The Morgan fingerprint density at radius 1 is 1.21 bits per heavy atom. The Kier molecular flexibility index (Phi) is 7.21. The Morgan fingerprint density at radius 2 is 2.07 bits per heavy atom. The SMILES string of the molecule is COc1ccc2c(OC3CC4C(=O)NC5(C(=O)O)CC5C=CCCCCN(C)C(=O)N4C3)nc(-n3cccn3)cc2c1. The van der Waals surface area contributed by atoms with E-state index in [9.17, 15) is 19.5 Å². The zero-order valence-electron chi connectivity index (χ0n) is 23.6. The summed E-state index contributed by atoms with van der Waals surface area (Å²) in [6, 6.07) is 8.05. The third-order valence-electron chi connectivity index (χ3n) is 8.37. The molecule has 3 aromatic rings. The largest absolute Gasteiger partial charge is 0.497 e. The van der Waals surface area contributed by atoms with Gasteiger partial charge in [-0.15, -0.1) is 0 Å². The second-order valence-corrected chi connectivity index (χ2v) is 11.2. The van der Waals surface area contributed by atoms with E-state index in [-0.39, 0.29) is 24.9 Å². The molecule has 2 aliphatic heterocycles. The molecule has 2 N–H and O–H groups in total. The number of carboxylic acid groups (broad SMARTS) is 1. The number of carboxylic acids is 1. The van der Waals surface area contributed by atoms with Crippen LogP contribution >= 0.6 is 0 Å². The van der Waals surface area contributed by atoms with Crippen LogP contribution in [0.3, 0.4) is 0 Å². The fourth-order valence-corrected chi connectivity index (χ4v) is 5.88. The molecule has 0 spiro atoms. The topological polar surface area (TPSA) is 139 Å². The summed E-state index contributed by atoms with van der Waals surface area (Å²) in [5, 5.41) is 18.6. The van der Waals surface area contributed by atoms with Crippen LogP contribution in [0.5, 0.6) is 11.6 Å². The first-order valence-corrected chi connectivity index (χ1v) is 14.2. The van der Waals surface area contributed by atoms with E-state index < -0.39 is 29.6 Å². The highest BCUT2D eigenvalue weighted by atomic mass is 16.5. The van der Waals surface area contributed by atoms with Crippen LogP contribution in [0, 0.1) is 5.92 Å². The normalized spacial score (nSPS) is 26.3. The summed E-state index contributed by atoms with van der Waals surface area (Å²) < 4.78 is 13.5. The molecular formula is C30H34N6O6. The molecule has 4 atom stereocenters. The van der Waals surface area contributed by atoms with Gasteiger partial charge in [0, 0.05) is 43.7 Å². The van der Waals surface area contributed by atoms with Gasteiger partial charge in [0.25, 0.3) is 0 Å². The van der Waals surface area contributed by atoms with Crippen molar-refractivity contribution >= 4 is 28.7 Å². The van der Waals surface area contributed by atoms with Gasteiger partial charge >= 0.3 is 12.0 Å². The van der Waals surface area contributed by atoms with Crippen LogP contribution in [0.2, 0.25) is 0 Å². The number of amides is 3. The number of methoxy groups -OCH3 is 1. The predicted octanol–water partition coefficient (Wildman–Crippen LogP) is 3.00. The van der Waals surface area contributed by atoms with Crippen molar-refractivity contribution in [3.05, 3.63) is 54.9 Å². The molecule has 4 unspecified atom stereocenters. The van der Waals surface area contributed by atoms with Crippen molar-refractivity contribution in [3.63, 3.8) is 0 Å². The number of aliphatic carboxylic acids is 1. The number of fused-ring (bicyclic) bond motifs is 3. The molecule has 0 radical (unpaired) electrons. The zero-order valence-corrected chi connectivity index (χ0v) is 23.6. The fourth-order valence-electron chi connectivity index (χ4n) is 5.88. The van der Waals surface area contributed by atoms with Gasteiger partial charge in [0.1, 0.15) is 23.4 Å². The zero-order chi connectivity index (χ0) is 29.4. The summed E-state index contributed by atoms with van der Waals surface area (Å²) >= 11 is 0.